The van der Waals surface area contributed by atoms with E-state index >= 15 is 0 Å². The van der Waals surface area contributed by atoms with Crippen LogP contribution in [-0.2, 0) is 9.53 Å². The topological polar surface area (TPSA) is 38.7 Å². The number of aliphatic imine (C=N–C) groups is 1. The summed E-state index contributed by atoms with van der Waals surface area (Å²) in [5.74, 6) is 0.384. The minimum atomic E-state index is -0.745. The summed E-state index contributed by atoms with van der Waals surface area (Å²) in [4.78, 5) is 17.6. The van der Waals surface area contributed by atoms with Gasteiger partial charge in [-0.15, -0.1) is 0 Å². The minimum Gasteiger partial charge on any atom is -0.405 e. The molecule has 2 atom stereocenters. The second-order valence-electron chi connectivity index (χ2n) is 6.31. The van der Waals surface area contributed by atoms with Crippen molar-refractivity contribution in [3.05, 3.63) is 71.8 Å². The second-order valence-corrected chi connectivity index (χ2v) is 6.31. The molecule has 1 spiro atoms. The molecule has 1 aliphatic carbocycles. The molecule has 1 heterocycles. The van der Waals surface area contributed by atoms with Crippen molar-refractivity contribution in [3.8, 4) is 0 Å². The van der Waals surface area contributed by atoms with Gasteiger partial charge in [-0.3, -0.25) is 0 Å². The SMILES string of the molecule is O=C1OC(c2ccccc2)=NC12CCCCC2c1ccccc1. The Labute approximate surface area is 136 Å². The van der Waals surface area contributed by atoms with E-state index in [2.05, 4.69) is 12.1 Å². The van der Waals surface area contributed by atoms with Crippen molar-refractivity contribution in [2.24, 2.45) is 4.99 Å². The zero-order valence-corrected chi connectivity index (χ0v) is 12.9. The number of hydrogen-bond donors (Lipinski definition) is 0. The molecule has 0 aromatic heterocycles. The average molecular weight is 305 g/mol. The van der Waals surface area contributed by atoms with E-state index in [9.17, 15) is 4.79 Å². The van der Waals surface area contributed by atoms with Crippen LogP contribution >= 0.6 is 0 Å². The highest BCUT2D eigenvalue weighted by Crippen LogP contribution is 2.47. The fraction of sp³-hybridized carbons (Fsp3) is 0.300. The molecule has 0 bridgehead atoms. The van der Waals surface area contributed by atoms with Crippen LogP contribution in [0.1, 0.15) is 42.7 Å². The monoisotopic (exact) mass is 305 g/mol. The zero-order valence-electron chi connectivity index (χ0n) is 12.9. The largest absolute Gasteiger partial charge is 0.405 e. The molecule has 0 N–H and O–H groups in total. The maximum atomic E-state index is 12.8. The van der Waals surface area contributed by atoms with Gasteiger partial charge >= 0.3 is 5.97 Å². The van der Waals surface area contributed by atoms with Gasteiger partial charge in [0, 0.05) is 11.5 Å². The molecule has 0 radical (unpaired) electrons. The first-order valence-corrected chi connectivity index (χ1v) is 8.22. The highest BCUT2D eigenvalue weighted by Gasteiger charge is 2.53. The number of cyclic esters (lactones) is 1. The van der Waals surface area contributed by atoms with Gasteiger partial charge in [0.1, 0.15) is 0 Å². The molecular formula is C20H19NO2. The van der Waals surface area contributed by atoms with Crippen molar-refractivity contribution in [2.45, 2.75) is 37.1 Å². The molecule has 0 amide bonds. The van der Waals surface area contributed by atoms with E-state index < -0.39 is 5.54 Å². The molecule has 0 saturated heterocycles. The second kappa shape index (κ2) is 5.65. The van der Waals surface area contributed by atoms with E-state index in [1.807, 2.05) is 48.5 Å². The molecule has 3 heteroatoms. The summed E-state index contributed by atoms with van der Waals surface area (Å²) in [5, 5.41) is 0. The Morgan fingerprint density at radius 2 is 1.65 bits per heavy atom. The van der Waals surface area contributed by atoms with Crippen LogP contribution in [-0.4, -0.2) is 17.4 Å². The number of hydrogen-bond acceptors (Lipinski definition) is 3. The fourth-order valence-electron chi connectivity index (χ4n) is 3.79. The summed E-state index contributed by atoms with van der Waals surface area (Å²) in [7, 11) is 0. The Morgan fingerprint density at radius 1 is 0.957 bits per heavy atom. The van der Waals surface area contributed by atoms with Crippen molar-refractivity contribution in [1.82, 2.24) is 0 Å². The number of benzene rings is 2. The predicted molar refractivity (Wildman–Crippen MR) is 89.5 cm³/mol. The molecule has 4 rings (SSSR count). The van der Waals surface area contributed by atoms with Crippen molar-refractivity contribution >= 4 is 11.9 Å². The normalized spacial score (nSPS) is 26.9. The highest BCUT2D eigenvalue weighted by molar-refractivity contribution is 6.08. The van der Waals surface area contributed by atoms with E-state index in [-0.39, 0.29) is 11.9 Å². The Balaban J connectivity index is 1.77. The van der Waals surface area contributed by atoms with Crippen LogP contribution in [0.2, 0.25) is 0 Å². The number of carbonyl (C=O) groups is 1. The molecule has 116 valence electrons. The van der Waals surface area contributed by atoms with Crippen LogP contribution in [0.3, 0.4) is 0 Å². The number of rotatable bonds is 2. The first-order valence-electron chi connectivity index (χ1n) is 8.22. The third-order valence-electron chi connectivity index (χ3n) is 4.94. The van der Waals surface area contributed by atoms with E-state index in [0.29, 0.717) is 5.90 Å². The summed E-state index contributed by atoms with van der Waals surface area (Å²) < 4.78 is 5.60. The van der Waals surface area contributed by atoms with Crippen LogP contribution < -0.4 is 0 Å². The highest BCUT2D eigenvalue weighted by atomic mass is 16.6. The van der Waals surface area contributed by atoms with Crippen LogP contribution in [0.15, 0.2) is 65.7 Å². The molecule has 1 aliphatic heterocycles. The van der Waals surface area contributed by atoms with Gasteiger partial charge in [0.25, 0.3) is 0 Å². The third-order valence-corrected chi connectivity index (χ3v) is 4.94. The first-order chi connectivity index (χ1) is 11.3. The summed E-state index contributed by atoms with van der Waals surface area (Å²) in [6, 6.07) is 20.0. The smallest absolute Gasteiger partial charge is 0.341 e. The standard InChI is InChI=1S/C20H19NO2/c22-19-20(21-18(23-19)16-11-5-2-6-12-16)14-8-7-13-17(20)15-9-3-1-4-10-15/h1-6,9-12,17H,7-8,13-14H2. The van der Waals surface area contributed by atoms with Gasteiger partial charge in [0.15, 0.2) is 5.54 Å². The molecule has 2 aromatic carbocycles. The maximum Gasteiger partial charge on any atom is 0.341 e. The zero-order chi connectivity index (χ0) is 15.7. The van der Waals surface area contributed by atoms with Crippen LogP contribution in [0.4, 0.5) is 0 Å². The first kappa shape index (κ1) is 14.2. The van der Waals surface area contributed by atoms with Crippen molar-refractivity contribution in [2.75, 3.05) is 0 Å². The van der Waals surface area contributed by atoms with E-state index in [4.69, 9.17) is 9.73 Å². The third kappa shape index (κ3) is 2.37. The minimum absolute atomic E-state index is 0.103. The van der Waals surface area contributed by atoms with Gasteiger partial charge in [-0.05, 0) is 30.5 Å². The lowest BCUT2D eigenvalue weighted by Crippen LogP contribution is -2.42. The maximum absolute atomic E-state index is 12.8. The molecule has 3 nitrogen and oxygen atoms in total. The lowest BCUT2D eigenvalue weighted by molar-refractivity contribution is -0.140. The Bertz CT molecular complexity index is 739. The van der Waals surface area contributed by atoms with Gasteiger partial charge < -0.3 is 4.74 Å². The quantitative estimate of drug-likeness (QED) is 0.784. The average Bonchev–Trinajstić information content (AvgIpc) is 2.94. The van der Waals surface area contributed by atoms with E-state index in [0.717, 1.165) is 31.2 Å². The van der Waals surface area contributed by atoms with Crippen LogP contribution in [0.5, 0.6) is 0 Å². The lowest BCUT2D eigenvalue weighted by atomic mass is 9.70. The van der Waals surface area contributed by atoms with Crippen LogP contribution in [0, 0.1) is 0 Å². The van der Waals surface area contributed by atoms with Gasteiger partial charge in [-0.25, -0.2) is 9.79 Å². The molecule has 2 aliphatic rings. The Morgan fingerprint density at radius 3 is 2.39 bits per heavy atom. The number of esters is 1. The van der Waals surface area contributed by atoms with Gasteiger partial charge in [-0.2, -0.15) is 0 Å². The number of carbonyl (C=O) groups excluding carboxylic acids is 1. The van der Waals surface area contributed by atoms with Crippen molar-refractivity contribution in [3.63, 3.8) is 0 Å². The van der Waals surface area contributed by atoms with Gasteiger partial charge in [0.2, 0.25) is 5.90 Å². The molecule has 23 heavy (non-hydrogen) atoms. The molecular weight excluding hydrogens is 286 g/mol. The number of nitrogens with zero attached hydrogens (tertiary/aromatic N) is 1. The van der Waals surface area contributed by atoms with Crippen molar-refractivity contribution < 1.29 is 9.53 Å². The summed E-state index contributed by atoms with van der Waals surface area (Å²) >= 11 is 0. The predicted octanol–water partition coefficient (Wildman–Crippen LogP) is 4.09. The number of ether oxygens (including phenoxy) is 1. The van der Waals surface area contributed by atoms with Gasteiger partial charge in [-0.1, -0.05) is 61.4 Å². The lowest BCUT2D eigenvalue weighted by Gasteiger charge is -2.35. The Kier molecular flexibility index (Phi) is 3.49. The summed E-state index contributed by atoms with van der Waals surface area (Å²) in [5.41, 5.74) is 1.31. The summed E-state index contributed by atoms with van der Waals surface area (Å²) in [6.07, 6.45) is 3.89. The summed E-state index contributed by atoms with van der Waals surface area (Å²) in [6.45, 7) is 0. The Hall–Kier alpha value is -2.42. The van der Waals surface area contributed by atoms with Crippen molar-refractivity contribution in [1.29, 1.82) is 0 Å². The molecule has 2 unspecified atom stereocenters. The van der Waals surface area contributed by atoms with E-state index in [1.54, 1.807) is 0 Å². The van der Waals surface area contributed by atoms with E-state index in [1.165, 1.54) is 5.56 Å². The van der Waals surface area contributed by atoms with Gasteiger partial charge in [0.05, 0.1) is 0 Å². The van der Waals surface area contributed by atoms with Crippen LogP contribution in [0.25, 0.3) is 0 Å². The molecule has 1 fully saturated rings. The molecule has 1 saturated carbocycles. The molecule has 2 aromatic rings. The fourth-order valence-corrected chi connectivity index (χ4v) is 3.79.